The van der Waals surface area contributed by atoms with Crippen LogP contribution in [0, 0.1) is 0 Å². The molecule has 1 aromatic carbocycles. The maximum absolute atomic E-state index is 12.8. The number of carbonyl (C=O) groups is 1. The first kappa shape index (κ1) is 13.8. The number of hydrogen-bond donors (Lipinski definition) is 1. The number of para-hydroxylation sites is 1. The lowest BCUT2D eigenvalue weighted by atomic mass is 10.1. The summed E-state index contributed by atoms with van der Waals surface area (Å²) >= 11 is 0. The molecule has 5 heteroatoms. The zero-order valence-electron chi connectivity index (χ0n) is 12.3. The van der Waals surface area contributed by atoms with Crippen LogP contribution in [0.5, 0.6) is 0 Å². The molecule has 21 heavy (non-hydrogen) atoms. The molecule has 1 saturated heterocycles. The van der Waals surface area contributed by atoms with Crippen molar-refractivity contribution in [2.24, 2.45) is 0 Å². The molecule has 0 radical (unpaired) electrons. The Morgan fingerprint density at radius 2 is 2.24 bits per heavy atom. The zero-order chi connectivity index (χ0) is 14.8. The Bertz CT molecular complexity index is 672. The van der Waals surface area contributed by atoms with Crippen molar-refractivity contribution in [1.29, 1.82) is 0 Å². The van der Waals surface area contributed by atoms with E-state index in [0.29, 0.717) is 31.1 Å². The fourth-order valence-electron chi connectivity index (χ4n) is 2.65. The van der Waals surface area contributed by atoms with Crippen molar-refractivity contribution in [3.05, 3.63) is 35.9 Å². The van der Waals surface area contributed by atoms with Gasteiger partial charge in [0.05, 0.1) is 23.8 Å². The molecule has 0 saturated carbocycles. The van der Waals surface area contributed by atoms with Crippen LogP contribution in [0.15, 0.2) is 30.3 Å². The van der Waals surface area contributed by atoms with Crippen LogP contribution in [0.2, 0.25) is 0 Å². The minimum atomic E-state index is 0.0419. The number of anilines is 1. The van der Waals surface area contributed by atoms with Gasteiger partial charge in [0.1, 0.15) is 5.82 Å². The summed E-state index contributed by atoms with van der Waals surface area (Å²) in [4.78, 5) is 19.2. The third-order valence-corrected chi connectivity index (χ3v) is 3.73. The molecule has 1 unspecified atom stereocenters. The van der Waals surface area contributed by atoms with Gasteiger partial charge in [0, 0.05) is 25.5 Å². The fraction of sp³-hybridized carbons (Fsp3) is 0.375. The van der Waals surface area contributed by atoms with Gasteiger partial charge in [-0.2, -0.15) is 0 Å². The molecule has 2 heterocycles. The Hall–Kier alpha value is -2.14. The molecule has 1 atom stereocenters. The van der Waals surface area contributed by atoms with E-state index in [1.807, 2.05) is 49.2 Å². The van der Waals surface area contributed by atoms with Crippen LogP contribution in [-0.2, 0) is 4.74 Å². The van der Waals surface area contributed by atoms with Crippen molar-refractivity contribution in [1.82, 2.24) is 9.88 Å². The van der Waals surface area contributed by atoms with Gasteiger partial charge >= 0.3 is 0 Å². The van der Waals surface area contributed by atoms with E-state index in [4.69, 9.17) is 4.74 Å². The summed E-state index contributed by atoms with van der Waals surface area (Å²) in [6.45, 7) is 3.84. The molecule has 0 bridgehead atoms. The molecule has 1 aliphatic heterocycles. The summed E-state index contributed by atoms with van der Waals surface area (Å²) in [6, 6.07) is 9.56. The minimum Gasteiger partial charge on any atom is -0.375 e. The highest BCUT2D eigenvalue weighted by atomic mass is 16.5. The first-order valence-electron chi connectivity index (χ1n) is 7.17. The largest absolute Gasteiger partial charge is 0.375 e. The van der Waals surface area contributed by atoms with Crippen molar-refractivity contribution >= 4 is 22.6 Å². The van der Waals surface area contributed by atoms with E-state index in [-0.39, 0.29) is 12.0 Å². The molecule has 0 spiro atoms. The highest BCUT2D eigenvalue weighted by molar-refractivity contribution is 6.07. The maximum atomic E-state index is 12.8. The number of fused-ring (bicyclic) bond motifs is 1. The number of pyridine rings is 1. The molecule has 1 aromatic heterocycles. The van der Waals surface area contributed by atoms with E-state index >= 15 is 0 Å². The third-order valence-electron chi connectivity index (χ3n) is 3.73. The van der Waals surface area contributed by atoms with Gasteiger partial charge in [-0.3, -0.25) is 4.79 Å². The van der Waals surface area contributed by atoms with Gasteiger partial charge in [0.25, 0.3) is 5.91 Å². The quantitative estimate of drug-likeness (QED) is 0.918. The Labute approximate surface area is 123 Å². The number of amides is 1. The number of ether oxygens (including phenoxy) is 1. The number of hydrogen-bond acceptors (Lipinski definition) is 4. The minimum absolute atomic E-state index is 0.0419. The van der Waals surface area contributed by atoms with Crippen molar-refractivity contribution in [2.45, 2.75) is 13.0 Å². The topological polar surface area (TPSA) is 54.5 Å². The van der Waals surface area contributed by atoms with E-state index in [1.165, 1.54) is 0 Å². The second kappa shape index (κ2) is 5.69. The lowest BCUT2D eigenvalue weighted by Crippen LogP contribution is -2.44. The second-order valence-electron chi connectivity index (χ2n) is 5.25. The molecular formula is C16H19N3O2. The third kappa shape index (κ3) is 2.69. The number of nitrogens with zero attached hydrogens (tertiary/aromatic N) is 2. The van der Waals surface area contributed by atoms with Crippen molar-refractivity contribution in [3.8, 4) is 0 Å². The van der Waals surface area contributed by atoms with Crippen LogP contribution < -0.4 is 5.32 Å². The molecule has 110 valence electrons. The van der Waals surface area contributed by atoms with E-state index in [2.05, 4.69) is 10.3 Å². The van der Waals surface area contributed by atoms with Crippen LogP contribution in [0.4, 0.5) is 5.82 Å². The van der Waals surface area contributed by atoms with Crippen LogP contribution in [0.1, 0.15) is 17.3 Å². The van der Waals surface area contributed by atoms with Gasteiger partial charge in [-0.1, -0.05) is 18.2 Å². The fourth-order valence-corrected chi connectivity index (χ4v) is 2.65. The van der Waals surface area contributed by atoms with Gasteiger partial charge in [0.2, 0.25) is 0 Å². The number of aromatic nitrogens is 1. The van der Waals surface area contributed by atoms with E-state index in [0.717, 1.165) is 10.9 Å². The number of carbonyl (C=O) groups excluding carboxylic acids is 1. The van der Waals surface area contributed by atoms with Gasteiger partial charge in [-0.05, 0) is 19.1 Å². The van der Waals surface area contributed by atoms with Gasteiger partial charge in [0.15, 0.2) is 0 Å². The summed E-state index contributed by atoms with van der Waals surface area (Å²) in [5, 5.41) is 3.91. The van der Waals surface area contributed by atoms with Crippen LogP contribution in [0.25, 0.3) is 10.9 Å². The number of rotatable bonds is 2. The van der Waals surface area contributed by atoms with E-state index in [1.54, 1.807) is 0 Å². The lowest BCUT2D eigenvalue weighted by molar-refractivity contribution is -0.0123. The predicted octanol–water partition coefficient (Wildman–Crippen LogP) is 2.14. The summed E-state index contributed by atoms with van der Waals surface area (Å²) in [5.41, 5.74) is 1.52. The zero-order valence-corrected chi connectivity index (χ0v) is 12.3. The van der Waals surface area contributed by atoms with Gasteiger partial charge < -0.3 is 15.0 Å². The molecule has 1 aliphatic rings. The Morgan fingerprint density at radius 3 is 3.00 bits per heavy atom. The van der Waals surface area contributed by atoms with Gasteiger partial charge in [-0.25, -0.2) is 4.98 Å². The smallest absolute Gasteiger partial charge is 0.254 e. The first-order valence-corrected chi connectivity index (χ1v) is 7.17. The van der Waals surface area contributed by atoms with Crippen molar-refractivity contribution in [2.75, 3.05) is 32.1 Å². The highest BCUT2D eigenvalue weighted by Crippen LogP contribution is 2.22. The molecule has 5 nitrogen and oxygen atoms in total. The Morgan fingerprint density at radius 1 is 1.43 bits per heavy atom. The maximum Gasteiger partial charge on any atom is 0.254 e. The first-order chi connectivity index (χ1) is 10.2. The molecule has 1 fully saturated rings. The van der Waals surface area contributed by atoms with E-state index < -0.39 is 0 Å². The second-order valence-corrected chi connectivity index (χ2v) is 5.25. The lowest BCUT2D eigenvalue weighted by Gasteiger charge is -2.31. The number of benzene rings is 1. The highest BCUT2D eigenvalue weighted by Gasteiger charge is 2.24. The van der Waals surface area contributed by atoms with Crippen LogP contribution >= 0.6 is 0 Å². The van der Waals surface area contributed by atoms with Gasteiger partial charge in [-0.15, -0.1) is 0 Å². The molecule has 0 aliphatic carbocycles. The Kier molecular flexibility index (Phi) is 3.75. The SMILES string of the molecule is CNc1cc(C(=O)N2CCOC(C)C2)c2ccccc2n1. The van der Waals surface area contributed by atoms with Crippen LogP contribution in [0.3, 0.4) is 0 Å². The number of morpholine rings is 1. The molecule has 2 aromatic rings. The van der Waals surface area contributed by atoms with Crippen LogP contribution in [-0.4, -0.2) is 48.6 Å². The average molecular weight is 285 g/mol. The monoisotopic (exact) mass is 285 g/mol. The normalized spacial score (nSPS) is 18.8. The molecule has 1 N–H and O–H groups in total. The standard InChI is InChI=1S/C16H19N3O2/c1-11-10-19(7-8-21-11)16(20)13-9-15(17-2)18-14-6-4-3-5-12(13)14/h3-6,9,11H,7-8,10H2,1-2H3,(H,17,18). The summed E-state index contributed by atoms with van der Waals surface area (Å²) in [5.74, 6) is 0.749. The van der Waals surface area contributed by atoms with E-state index in [9.17, 15) is 4.79 Å². The number of nitrogens with one attached hydrogen (secondary N) is 1. The van der Waals surface area contributed by atoms with Crippen molar-refractivity contribution in [3.63, 3.8) is 0 Å². The van der Waals surface area contributed by atoms with Crippen molar-refractivity contribution < 1.29 is 9.53 Å². The Balaban J connectivity index is 2.04. The average Bonchev–Trinajstić information content (AvgIpc) is 2.53. The summed E-state index contributed by atoms with van der Waals surface area (Å²) in [7, 11) is 1.81. The molecular weight excluding hydrogens is 266 g/mol. The molecule has 3 rings (SSSR count). The molecule has 1 amide bonds. The predicted molar refractivity (Wildman–Crippen MR) is 82.6 cm³/mol. The summed E-state index contributed by atoms with van der Waals surface area (Å²) in [6.07, 6.45) is 0.0829. The summed E-state index contributed by atoms with van der Waals surface area (Å²) < 4.78 is 5.51.